The molecule has 70 heavy (non-hydrogen) atoms. The second kappa shape index (κ2) is 15.9. The molecule has 6 heteroatoms. The van der Waals surface area contributed by atoms with E-state index in [0.29, 0.717) is 0 Å². The summed E-state index contributed by atoms with van der Waals surface area (Å²) in [6, 6.07) is 57.4. The fraction of sp³-hybridized carbons (Fsp3) is 0.0938. The first-order chi connectivity index (χ1) is 34.2. The summed E-state index contributed by atoms with van der Waals surface area (Å²) in [6.45, 7) is 13.6. The van der Waals surface area contributed by atoms with Gasteiger partial charge in [0, 0.05) is 57.5 Å². The van der Waals surface area contributed by atoms with Gasteiger partial charge in [0.15, 0.2) is 0 Å². The highest BCUT2D eigenvalue weighted by Crippen LogP contribution is 2.46. The van der Waals surface area contributed by atoms with Crippen LogP contribution >= 0.6 is 0 Å². The van der Waals surface area contributed by atoms with Gasteiger partial charge >= 0.3 is 0 Å². The Hall–Kier alpha value is -8.74. The van der Waals surface area contributed by atoms with E-state index in [1.807, 2.05) is 49.1 Å². The number of pyridine rings is 4. The number of rotatable bonds is 6. The Morgan fingerprint density at radius 2 is 0.729 bits per heavy atom. The number of fused-ring (bicyclic) bond motifs is 9. The third-order valence-electron chi connectivity index (χ3n) is 14.7. The molecule has 0 fully saturated rings. The van der Waals surface area contributed by atoms with Crippen LogP contribution < -0.4 is 0 Å². The van der Waals surface area contributed by atoms with Crippen molar-refractivity contribution < 1.29 is 0 Å². The summed E-state index contributed by atoms with van der Waals surface area (Å²) in [5.41, 5.74) is 27.7. The van der Waals surface area contributed by atoms with Crippen molar-refractivity contribution in [2.24, 2.45) is 0 Å². The van der Waals surface area contributed by atoms with Gasteiger partial charge in [0.2, 0.25) is 0 Å². The Morgan fingerprint density at radius 3 is 1.16 bits per heavy atom. The van der Waals surface area contributed by atoms with Gasteiger partial charge in [0.25, 0.3) is 0 Å². The van der Waals surface area contributed by atoms with Crippen LogP contribution in [0.5, 0.6) is 0 Å². The fourth-order valence-corrected chi connectivity index (χ4v) is 12.0. The first-order valence-electron chi connectivity index (χ1n) is 24.0. The third kappa shape index (κ3) is 6.19. The summed E-state index contributed by atoms with van der Waals surface area (Å²) in [7, 11) is 0. The van der Waals surface area contributed by atoms with E-state index < -0.39 is 0 Å². The largest absolute Gasteiger partial charge is 0.309 e. The van der Waals surface area contributed by atoms with E-state index in [0.717, 1.165) is 44.3 Å². The second-order valence-electron chi connectivity index (χ2n) is 18.9. The van der Waals surface area contributed by atoms with Crippen LogP contribution in [0.2, 0.25) is 0 Å². The van der Waals surface area contributed by atoms with Crippen molar-refractivity contribution in [3.63, 3.8) is 0 Å². The summed E-state index contributed by atoms with van der Waals surface area (Å²) >= 11 is 0. The SMILES string of the molecule is Cc1cc(C)c(-n2c3ccccc3c3c4c5ccccc5n(-c5c(C)cc(C)c(-c6ccc(-c7ccnc8cccnc78)cc6)c5C)c4ccc32)c(C)c1-c1ccc(-c2ccnc3cccnc23)cc1. The van der Waals surface area contributed by atoms with Crippen LogP contribution in [0, 0.1) is 41.5 Å². The Bertz CT molecular complexity index is 4000. The number of hydrogen-bond donors (Lipinski definition) is 0. The van der Waals surface area contributed by atoms with E-state index in [4.69, 9.17) is 9.97 Å². The number of nitrogens with zero attached hydrogens (tertiary/aromatic N) is 6. The lowest BCUT2D eigenvalue weighted by Gasteiger charge is -2.21. The minimum atomic E-state index is 0.897. The van der Waals surface area contributed by atoms with Gasteiger partial charge in [-0.05, 0) is 169 Å². The zero-order valence-corrected chi connectivity index (χ0v) is 40.0. The molecule has 0 atom stereocenters. The molecule has 6 aromatic heterocycles. The Morgan fingerprint density at radius 1 is 0.329 bits per heavy atom. The highest BCUT2D eigenvalue weighted by molar-refractivity contribution is 6.29. The zero-order chi connectivity index (χ0) is 47.4. The Labute approximate surface area is 406 Å². The van der Waals surface area contributed by atoms with Gasteiger partial charge in [-0.25, -0.2) is 0 Å². The number of hydrogen-bond acceptors (Lipinski definition) is 4. The van der Waals surface area contributed by atoms with Crippen LogP contribution in [-0.4, -0.2) is 29.1 Å². The molecule has 0 radical (unpaired) electrons. The molecule has 0 N–H and O–H groups in total. The molecule has 0 saturated heterocycles. The van der Waals surface area contributed by atoms with Gasteiger partial charge in [-0.1, -0.05) is 97.1 Å². The van der Waals surface area contributed by atoms with E-state index in [2.05, 4.69) is 194 Å². The van der Waals surface area contributed by atoms with Crippen LogP contribution in [0.3, 0.4) is 0 Å². The normalized spacial score (nSPS) is 11.9. The molecule has 0 aliphatic carbocycles. The molecule has 0 bridgehead atoms. The lowest BCUT2D eigenvalue weighted by atomic mass is 9.90. The summed E-state index contributed by atoms with van der Waals surface area (Å²) < 4.78 is 5.06. The summed E-state index contributed by atoms with van der Waals surface area (Å²) in [5.74, 6) is 0. The Balaban J connectivity index is 0.984. The number of aromatic nitrogens is 6. The molecule has 0 amide bonds. The molecule has 0 aliphatic heterocycles. The molecule has 0 spiro atoms. The molecule has 6 heterocycles. The van der Waals surface area contributed by atoms with Gasteiger partial charge in [-0.2, -0.15) is 0 Å². The predicted molar refractivity (Wildman–Crippen MR) is 291 cm³/mol. The second-order valence-corrected chi connectivity index (χ2v) is 18.9. The Kier molecular flexibility index (Phi) is 9.43. The van der Waals surface area contributed by atoms with E-state index in [1.54, 1.807) is 0 Å². The van der Waals surface area contributed by atoms with Crippen molar-refractivity contribution in [2.75, 3.05) is 0 Å². The van der Waals surface area contributed by atoms with Crippen molar-refractivity contribution in [1.82, 2.24) is 29.1 Å². The topological polar surface area (TPSA) is 61.4 Å². The van der Waals surface area contributed by atoms with Gasteiger partial charge in [-0.3, -0.25) is 19.9 Å². The monoisotopic (exact) mass is 900 g/mol. The predicted octanol–water partition coefficient (Wildman–Crippen LogP) is 16.3. The van der Waals surface area contributed by atoms with Crippen molar-refractivity contribution in [3.05, 3.63) is 216 Å². The molecule has 13 aromatic rings. The number of aryl methyl sites for hydroxylation is 4. The van der Waals surface area contributed by atoms with Crippen LogP contribution in [0.25, 0.3) is 122 Å². The molecule has 0 unspecified atom stereocenters. The molecular weight excluding hydrogens is 853 g/mol. The maximum atomic E-state index is 4.69. The number of para-hydroxylation sites is 2. The molecule has 7 aromatic carbocycles. The highest BCUT2D eigenvalue weighted by Gasteiger charge is 2.25. The lowest BCUT2D eigenvalue weighted by Crippen LogP contribution is -2.04. The van der Waals surface area contributed by atoms with E-state index in [9.17, 15) is 0 Å². The average molecular weight is 901 g/mol. The molecule has 0 saturated carbocycles. The maximum absolute atomic E-state index is 4.69. The summed E-state index contributed by atoms with van der Waals surface area (Å²) in [4.78, 5) is 18.5. The molecule has 0 aliphatic rings. The van der Waals surface area contributed by atoms with Crippen molar-refractivity contribution in [3.8, 4) is 55.9 Å². The molecular formula is C64H48N6. The van der Waals surface area contributed by atoms with E-state index in [-0.39, 0.29) is 0 Å². The maximum Gasteiger partial charge on any atom is 0.0964 e. The zero-order valence-electron chi connectivity index (χ0n) is 40.0. The minimum absolute atomic E-state index is 0.897. The van der Waals surface area contributed by atoms with Gasteiger partial charge < -0.3 is 9.13 Å². The smallest absolute Gasteiger partial charge is 0.0964 e. The quantitative estimate of drug-likeness (QED) is 0.167. The lowest BCUT2D eigenvalue weighted by molar-refractivity contribution is 1.11. The first kappa shape index (κ1) is 41.4. The third-order valence-corrected chi connectivity index (χ3v) is 14.7. The van der Waals surface area contributed by atoms with Gasteiger partial charge in [0.05, 0.1) is 55.5 Å². The standard InChI is InChI=1S/C64H48N6/c1-37-35-39(3)63(41(5)57(37)45-23-19-43(20-24-45)47-29-33-65-51-15-11-31-67-61(47)51)69-53-17-9-7-13-49(53)59-55(69)27-28-56-60(59)50-14-8-10-18-54(50)70(56)64-40(4)36-38(2)58(42(64)6)46-25-21-44(22-26-46)48-30-34-66-52-16-12-32-68-62(48)52/h7-36H,1-6H3. The van der Waals surface area contributed by atoms with Crippen molar-refractivity contribution in [2.45, 2.75) is 41.5 Å². The molecule has 6 nitrogen and oxygen atoms in total. The first-order valence-corrected chi connectivity index (χ1v) is 24.0. The van der Waals surface area contributed by atoms with E-state index in [1.165, 1.54) is 111 Å². The summed E-state index contributed by atoms with van der Waals surface area (Å²) in [6.07, 6.45) is 7.42. The van der Waals surface area contributed by atoms with Crippen LogP contribution in [-0.2, 0) is 0 Å². The van der Waals surface area contributed by atoms with E-state index >= 15 is 0 Å². The van der Waals surface area contributed by atoms with Crippen LogP contribution in [0.4, 0.5) is 0 Å². The van der Waals surface area contributed by atoms with Crippen LogP contribution in [0.15, 0.2) is 183 Å². The fourth-order valence-electron chi connectivity index (χ4n) is 12.0. The number of benzene rings is 7. The van der Waals surface area contributed by atoms with Crippen molar-refractivity contribution in [1.29, 1.82) is 0 Å². The molecule has 13 rings (SSSR count). The van der Waals surface area contributed by atoms with Gasteiger partial charge in [0.1, 0.15) is 0 Å². The minimum Gasteiger partial charge on any atom is -0.309 e. The average Bonchev–Trinajstić information content (AvgIpc) is 3.89. The van der Waals surface area contributed by atoms with Gasteiger partial charge in [-0.15, -0.1) is 0 Å². The summed E-state index contributed by atoms with van der Waals surface area (Å²) in [5, 5.41) is 5.01. The highest BCUT2D eigenvalue weighted by atomic mass is 15.0. The molecule has 334 valence electrons. The van der Waals surface area contributed by atoms with Crippen molar-refractivity contribution >= 4 is 65.7 Å². The van der Waals surface area contributed by atoms with Crippen LogP contribution in [0.1, 0.15) is 33.4 Å².